The van der Waals surface area contributed by atoms with E-state index in [4.69, 9.17) is 14.6 Å². The van der Waals surface area contributed by atoms with Gasteiger partial charge >= 0.3 is 12.0 Å². The molecule has 2 amide bonds. The molecule has 1 aliphatic heterocycles. The molecule has 1 heterocycles. The molecule has 3 rings (SSSR count). The Morgan fingerprint density at radius 3 is 2.58 bits per heavy atom. The van der Waals surface area contributed by atoms with E-state index in [2.05, 4.69) is 11.4 Å². The molecule has 0 spiro atoms. The maximum atomic E-state index is 12.3. The molecular formula is C19H26N2O5. The molecule has 0 atom stereocenters. The topological polar surface area (TPSA) is 88.1 Å². The first-order valence-electron chi connectivity index (χ1n) is 9.11. The van der Waals surface area contributed by atoms with Crippen LogP contribution in [0.4, 0.5) is 4.79 Å². The summed E-state index contributed by atoms with van der Waals surface area (Å²) >= 11 is 0. The minimum atomic E-state index is -0.909. The molecule has 0 radical (unpaired) electrons. The average molecular weight is 362 g/mol. The van der Waals surface area contributed by atoms with Crippen LogP contribution >= 0.6 is 0 Å². The van der Waals surface area contributed by atoms with Gasteiger partial charge in [-0.3, -0.25) is 4.79 Å². The van der Waals surface area contributed by atoms with E-state index in [9.17, 15) is 9.59 Å². The van der Waals surface area contributed by atoms with Crippen LogP contribution in [0.3, 0.4) is 0 Å². The first-order valence-corrected chi connectivity index (χ1v) is 9.11. The van der Waals surface area contributed by atoms with Crippen molar-refractivity contribution >= 4 is 12.0 Å². The first kappa shape index (κ1) is 18.4. The van der Waals surface area contributed by atoms with Crippen molar-refractivity contribution in [2.75, 3.05) is 33.4 Å². The summed E-state index contributed by atoms with van der Waals surface area (Å²) in [5, 5.41) is 11.7. The molecule has 2 N–H and O–H groups in total. The van der Waals surface area contributed by atoms with Crippen molar-refractivity contribution in [2.45, 2.75) is 37.5 Å². The molecule has 1 saturated carbocycles. The summed E-state index contributed by atoms with van der Waals surface area (Å²) in [6, 6.07) is 5.82. The van der Waals surface area contributed by atoms with Crippen molar-refractivity contribution in [3.63, 3.8) is 0 Å². The fourth-order valence-corrected chi connectivity index (χ4v) is 3.74. The van der Waals surface area contributed by atoms with Crippen LogP contribution < -0.4 is 14.8 Å². The van der Waals surface area contributed by atoms with Gasteiger partial charge in [0, 0.05) is 25.6 Å². The molecule has 142 valence electrons. The lowest BCUT2D eigenvalue weighted by Gasteiger charge is -2.32. The largest absolute Gasteiger partial charge is 0.486 e. The third kappa shape index (κ3) is 4.03. The summed E-state index contributed by atoms with van der Waals surface area (Å²) in [5.74, 6) is 0.628. The zero-order valence-corrected chi connectivity index (χ0v) is 15.1. The highest BCUT2D eigenvalue weighted by atomic mass is 16.6. The van der Waals surface area contributed by atoms with Crippen LogP contribution in [-0.2, 0) is 10.2 Å². The number of aliphatic carboxylic acids is 1. The van der Waals surface area contributed by atoms with Gasteiger partial charge in [-0.1, -0.05) is 18.9 Å². The van der Waals surface area contributed by atoms with Crippen molar-refractivity contribution in [3.8, 4) is 11.5 Å². The van der Waals surface area contributed by atoms with Crippen molar-refractivity contribution < 1.29 is 24.2 Å². The number of benzene rings is 1. The second-order valence-electron chi connectivity index (χ2n) is 7.07. The van der Waals surface area contributed by atoms with Crippen LogP contribution in [0, 0.1) is 0 Å². The zero-order chi connectivity index (χ0) is 18.6. The number of urea groups is 1. The van der Waals surface area contributed by atoms with Crippen LogP contribution in [0.1, 0.15) is 37.7 Å². The Morgan fingerprint density at radius 1 is 1.19 bits per heavy atom. The lowest BCUT2D eigenvalue weighted by atomic mass is 9.78. The number of rotatable bonds is 6. The van der Waals surface area contributed by atoms with Gasteiger partial charge < -0.3 is 24.8 Å². The monoisotopic (exact) mass is 362 g/mol. The van der Waals surface area contributed by atoms with E-state index in [1.807, 2.05) is 12.1 Å². The smallest absolute Gasteiger partial charge is 0.317 e. The molecule has 0 aromatic heterocycles. The predicted octanol–water partition coefficient (Wildman–Crippen LogP) is 2.39. The second kappa shape index (κ2) is 7.85. The summed E-state index contributed by atoms with van der Waals surface area (Å²) in [6.07, 6.45) is 4.20. The summed E-state index contributed by atoms with van der Waals surface area (Å²) in [5.41, 5.74) is 1.05. The summed E-state index contributed by atoms with van der Waals surface area (Å²) in [4.78, 5) is 24.4. The Hall–Kier alpha value is -2.44. The Morgan fingerprint density at radius 2 is 1.88 bits per heavy atom. The summed E-state index contributed by atoms with van der Waals surface area (Å²) in [7, 11) is 1.61. The number of hydrogen-bond donors (Lipinski definition) is 2. The maximum Gasteiger partial charge on any atom is 0.317 e. The summed E-state index contributed by atoms with van der Waals surface area (Å²) < 4.78 is 11.3. The van der Waals surface area contributed by atoms with Gasteiger partial charge in [0.25, 0.3) is 0 Å². The van der Waals surface area contributed by atoms with E-state index in [1.165, 1.54) is 4.90 Å². The fraction of sp³-hybridized carbons (Fsp3) is 0.579. The van der Waals surface area contributed by atoms with E-state index < -0.39 is 5.97 Å². The van der Waals surface area contributed by atoms with Crippen LogP contribution in [-0.4, -0.2) is 55.4 Å². The lowest BCUT2D eigenvalue weighted by Crippen LogP contribution is -2.44. The normalized spacial score (nSPS) is 17.6. The van der Waals surface area contributed by atoms with Gasteiger partial charge in [0.1, 0.15) is 13.2 Å². The SMILES string of the molecule is CN(CCC(=O)O)C(=O)NCC1(c2ccc3c(c2)OCCO3)CCCC1. The van der Waals surface area contributed by atoms with Crippen LogP contribution in [0.15, 0.2) is 18.2 Å². The Kier molecular flexibility index (Phi) is 5.54. The van der Waals surface area contributed by atoms with Crippen LogP contribution in [0.25, 0.3) is 0 Å². The highest BCUT2D eigenvalue weighted by Gasteiger charge is 2.37. The molecule has 1 aromatic carbocycles. The Labute approximate surface area is 153 Å². The minimum Gasteiger partial charge on any atom is -0.486 e. The first-order chi connectivity index (χ1) is 12.5. The molecule has 0 saturated heterocycles. The molecule has 1 fully saturated rings. The van der Waals surface area contributed by atoms with Gasteiger partial charge in [-0.25, -0.2) is 4.79 Å². The van der Waals surface area contributed by atoms with E-state index >= 15 is 0 Å². The number of hydrogen-bond acceptors (Lipinski definition) is 4. The number of amides is 2. The van der Waals surface area contributed by atoms with Gasteiger partial charge in [0.2, 0.25) is 0 Å². The van der Waals surface area contributed by atoms with Crippen molar-refractivity contribution in [1.82, 2.24) is 10.2 Å². The third-order valence-electron chi connectivity index (χ3n) is 5.30. The quantitative estimate of drug-likeness (QED) is 0.811. The van der Waals surface area contributed by atoms with Gasteiger partial charge in [-0.05, 0) is 30.5 Å². The van der Waals surface area contributed by atoms with Crippen LogP contribution in [0.5, 0.6) is 11.5 Å². The van der Waals surface area contributed by atoms with Gasteiger partial charge in [-0.15, -0.1) is 0 Å². The number of carbonyl (C=O) groups excluding carboxylic acids is 1. The molecule has 26 heavy (non-hydrogen) atoms. The highest BCUT2D eigenvalue weighted by Crippen LogP contribution is 2.43. The zero-order valence-electron chi connectivity index (χ0n) is 15.1. The second-order valence-corrected chi connectivity index (χ2v) is 7.07. The van der Waals surface area contributed by atoms with Crippen molar-refractivity contribution in [1.29, 1.82) is 0 Å². The third-order valence-corrected chi connectivity index (χ3v) is 5.30. The standard InChI is InChI=1S/C19H26N2O5/c1-21(9-6-17(22)23)18(24)20-13-19(7-2-3-8-19)14-4-5-15-16(12-14)26-11-10-25-15/h4-5,12H,2-3,6-11,13H2,1H3,(H,20,24)(H,22,23). The molecule has 0 unspecified atom stereocenters. The number of carbonyl (C=O) groups is 2. The van der Waals surface area contributed by atoms with Crippen LogP contribution in [0.2, 0.25) is 0 Å². The van der Waals surface area contributed by atoms with Gasteiger partial charge in [-0.2, -0.15) is 0 Å². The summed E-state index contributed by atoms with van der Waals surface area (Å²) in [6.45, 7) is 1.84. The van der Waals surface area contributed by atoms with Gasteiger partial charge in [0.05, 0.1) is 6.42 Å². The Bertz CT molecular complexity index is 670. The van der Waals surface area contributed by atoms with E-state index in [0.29, 0.717) is 19.8 Å². The molecule has 2 aliphatic rings. The molecule has 1 aromatic rings. The number of fused-ring (bicyclic) bond motifs is 1. The Balaban J connectivity index is 1.68. The number of nitrogens with zero attached hydrogens (tertiary/aromatic N) is 1. The predicted molar refractivity (Wildman–Crippen MR) is 95.9 cm³/mol. The van der Waals surface area contributed by atoms with E-state index in [1.54, 1.807) is 7.05 Å². The number of carboxylic acids is 1. The average Bonchev–Trinajstić information content (AvgIpc) is 3.14. The lowest BCUT2D eigenvalue weighted by molar-refractivity contribution is -0.137. The van der Waals surface area contributed by atoms with Gasteiger partial charge in [0.15, 0.2) is 11.5 Å². The molecule has 7 heteroatoms. The van der Waals surface area contributed by atoms with E-state index in [0.717, 1.165) is 42.7 Å². The number of ether oxygens (including phenoxy) is 2. The minimum absolute atomic E-state index is 0.0583. The molecule has 7 nitrogen and oxygen atoms in total. The molecule has 1 aliphatic carbocycles. The van der Waals surface area contributed by atoms with Crippen molar-refractivity contribution in [2.24, 2.45) is 0 Å². The molecular weight excluding hydrogens is 336 g/mol. The number of carboxylic acid groups (broad SMARTS) is 1. The van der Waals surface area contributed by atoms with Crippen molar-refractivity contribution in [3.05, 3.63) is 23.8 Å². The highest BCUT2D eigenvalue weighted by molar-refractivity contribution is 5.75. The maximum absolute atomic E-state index is 12.3. The van der Waals surface area contributed by atoms with E-state index in [-0.39, 0.29) is 24.4 Å². The fourth-order valence-electron chi connectivity index (χ4n) is 3.74. The molecule has 0 bridgehead atoms. The number of nitrogens with one attached hydrogen (secondary N) is 1.